The van der Waals surface area contributed by atoms with E-state index in [1.807, 2.05) is 0 Å². The van der Waals surface area contributed by atoms with Gasteiger partial charge in [-0.1, -0.05) is 91.4 Å². The van der Waals surface area contributed by atoms with Gasteiger partial charge in [0, 0.05) is 12.6 Å². The molecule has 0 rings (SSSR count). The molecule has 0 saturated carbocycles. The van der Waals surface area contributed by atoms with Crippen molar-refractivity contribution in [3.8, 4) is 0 Å². The molecule has 0 spiro atoms. The molecule has 1 nitrogen and oxygen atoms in total. The van der Waals surface area contributed by atoms with E-state index in [2.05, 4.69) is 20.8 Å². The van der Waals surface area contributed by atoms with Crippen LogP contribution in [-0.2, 0) is 0 Å². The van der Waals surface area contributed by atoms with Gasteiger partial charge in [0.25, 0.3) is 0 Å². The first-order valence-electron chi connectivity index (χ1n) is 9.51. The zero-order valence-electron chi connectivity index (χ0n) is 14.6. The average molecular weight is 283 g/mol. The first-order valence-corrected chi connectivity index (χ1v) is 9.51. The molecular formula is C19H40N. The highest BCUT2D eigenvalue weighted by molar-refractivity contribution is 4.66. The molecular weight excluding hydrogens is 242 g/mol. The summed E-state index contributed by atoms with van der Waals surface area (Å²) in [5.74, 6) is 0. The van der Waals surface area contributed by atoms with Crippen molar-refractivity contribution in [3.05, 3.63) is 0 Å². The molecule has 0 saturated heterocycles. The minimum Gasteiger partial charge on any atom is -0.238 e. The Bertz CT molecular complexity index is 167. The molecule has 1 heteroatoms. The molecule has 0 amide bonds. The van der Waals surface area contributed by atoms with Crippen LogP contribution in [0.4, 0.5) is 0 Å². The van der Waals surface area contributed by atoms with E-state index in [0.29, 0.717) is 6.04 Å². The first-order chi connectivity index (χ1) is 9.85. The summed E-state index contributed by atoms with van der Waals surface area (Å²) < 4.78 is 0. The molecule has 0 aliphatic carbocycles. The van der Waals surface area contributed by atoms with Crippen LogP contribution in [0.2, 0.25) is 0 Å². The van der Waals surface area contributed by atoms with Crippen LogP contribution in [0, 0.1) is 0 Å². The summed E-state index contributed by atoms with van der Waals surface area (Å²) >= 11 is 0. The molecule has 1 radical (unpaired) electrons. The topological polar surface area (TPSA) is 14.1 Å². The van der Waals surface area contributed by atoms with Crippen LogP contribution in [0.1, 0.15) is 111 Å². The summed E-state index contributed by atoms with van der Waals surface area (Å²) in [5.41, 5.74) is 0. The van der Waals surface area contributed by atoms with E-state index in [0.717, 1.165) is 6.54 Å². The Morgan fingerprint density at radius 2 is 1.10 bits per heavy atom. The number of rotatable bonds is 16. The van der Waals surface area contributed by atoms with E-state index in [9.17, 15) is 0 Å². The monoisotopic (exact) mass is 282 g/mol. The second-order valence-electron chi connectivity index (χ2n) is 6.32. The Balaban J connectivity index is 3.44. The van der Waals surface area contributed by atoms with Crippen LogP contribution >= 0.6 is 0 Å². The van der Waals surface area contributed by atoms with E-state index < -0.39 is 0 Å². The lowest BCUT2D eigenvalue weighted by Crippen LogP contribution is -2.23. The number of hydrogen-bond donors (Lipinski definition) is 0. The quantitative estimate of drug-likeness (QED) is 0.288. The van der Waals surface area contributed by atoms with Gasteiger partial charge in [-0.2, -0.15) is 0 Å². The lowest BCUT2D eigenvalue weighted by atomic mass is 10.0. The van der Waals surface area contributed by atoms with Crippen molar-refractivity contribution >= 4 is 0 Å². The second kappa shape index (κ2) is 17.0. The van der Waals surface area contributed by atoms with Gasteiger partial charge in [0.05, 0.1) is 0 Å². The highest BCUT2D eigenvalue weighted by atomic mass is 14.9. The molecule has 121 valence electrons. The molecule has 0 aromatic rings. The van der Waals surface area contributed by atoms with Crippen molar-refractivity contribution in [1.29, 1.82) is 0 Å². The number of hydrogen-bond acceptors (Lipinski definition) is 0. The van der Waals surface area contributed by atoms with E-state index >= 15 is 0 Å². The van der Waals surface area contributed by atoms with E-state index in [1.54, 1.807) is 0 Å². The molecule has 0 aromatic carbocycles. The van der Waals surface area contributed by atoms with Crippen LogP contribution in [-0.4, -0.2) is 12.6 Å². The largest absolute Gasteiger partial charge is 0.238 e. The third-order valence-corrected chi connectivity index (χ3v) is 4.16. The lowest BCUT2D eigenvalue weighted by Gasteiger charge is -2.16. The number of nitrogens with zero attached hydrogens (tertiary/aromatic N) is 1. The Labute approximate surface area is 129 Å². The average Bonchev–Trinajstić information content (AvgIpc) is 2.46. The van der Waals surface area contributed by atoms with Gasteiger partial charge in [-0.25, -0.2) is 5.32 Å². The van der Waals surface area contributed by atoms with Crippen molar-refractivity contribution in [2.75, 3.05) is 6.54 Å². The summed E-state index contributed by atoms with van der Waals surface area (Å²) in [5, 5.41) is 4.95. The zero-order valence-corrected chi connectivity index (χ0v) is 14.6. The number of unbranched alkanes of at least 4 members (excludes halogenated alkanes) is 9. The van der Waals surface area contributed by atoms with Gasteiger partial charge < -0.3 is 0 Å². The molecule has 0 bridgehead atoms. The van der Waals surface area contributed by atoms with Crippen molar-refractivity contribution in [2.45, 2.75) is 117 Å². The molecule has 0 aliphatic rings. The summed E-state index contributed by atoms with van der Waals surface area (Å²) in [4.78, 5) is 0. The van der Waals surface area contributed by atoms with Crippen LogP contribution in [0.5, 0.6) is 0 Å². The summed E-state index contributed by atoms with van der Waals surface area (Å²) in [6, 6.07) is 0.664. The SMILES string of the molecule is CCCCCCCC[N]C(CCC)CCCCCCC. The Morgan fingerprint density at radius 3 is 1.70 bits per heavy atom. The predicted molar refractivity (Wildman–Crippen MR) is 92.4 cm³/mol. The first kappa shape index (κ1) is 20.0. The fourth-order valence-electron chi connectivity index (χ4n) is 2.81. The van der Waals surface area contributed by atoms with Crippen LogP contribution in [0.25, 0.3) is 0 Å². The molecule has 0 aliphatic heterocycles. The van der Waals surface area contributed by atoms with Gasteiger partial charge in [-0.3, -0.25) is 0 Å². The van der Waals surface area contributed by atoms with Crippen LogP contribution < -0.4 is 5.32 Å². The highest BCUT2D eigenvalue weighted by Gasteiger charge is 2.07. The van der Waals surface area contributed by atoms with Gasteiger partial charge in [0.15, 0.2) is 0 Å². The smallest absolute Gasteiger partial charge is 0.0245 e. The standard InChI is InChI=1S/C19H40N/c1-4-7-9-11-13-15-18-20-19(16-6-3)17-14-12-10-8-5-2/h19H,4-18H2,1-3H3. The van der Waals surface area contributed by atoms with Gasteiger partial charge in [-0.05, 0) is 19.3 Å². The van der Waals surface area contributed by atoms with Crippen LogP contribution in [0.3, 0.4) is 0 Å². The maximum atomic E-state index is 4.95. The van der Waals surface area contributed by atoms with Gasteiger partial charge >= 0.3 is 0 Å². The summed E-state index contributed by atoms with van der Waals surface area (Å²) in [6.07, 6.45) is 19.2. The third kappa shape index (κ3) is 14.4. The molecule has 1 atom stereocenters. The van der Waals surface area contributed by atoms with E-state index in [4.69, 9.17) is 5.32 Å². The van der Waals surface area contributed by atoms with Crippen LogP contribution in [0.15, 0.2) is 0 Å². The second-order valence-corrected chi connectivity index (χ2v) is 6.32. The fraction of sp³-hybridized carbons (Fsp3) is 1.00. The molecule has 0 N–H and O–H groups in total. The Kier molecular flexibility index (Phi) is 17.0. The van der Waals surface area contributed by atoms with Crippen molar-refractivity contribution in [2.24, 2.45) is 0 Å². The minimum absolute atomic E-state index is 0.664. The summed E-state index contributed by atoms with van der Waals surface area (Å²) in [6.45, 7) is 7.98. The zero-order chi connectivity index (χ0) is 14.9. The predicted octanol–water partition coefficient (Wildman–Crippen LogP) is 6.48. The molecule has 20 heavy (non-hydrogen) atoms. The van der Waals surface area contributed by atoms with Crippen molar-refractivity contribution in [3.63, 3.8) is 0 Å². The molecule has 0 heterocycles. The van der Waals surface area contributed by atoms with Gasteiger partial charge in [0.2, 0.25) is 0 Å². The lowest BCUT2D eigenvalue weighted by molar-refractivity contribution is 0.412. The molecule has 1 unspecified atom stereocenters. The maximum Gasteiger partial charge on any atom is 0.0245 e. The minimum atomic E-state index is 0.664. The molecule has 0 aromatic heterocycles. The Hall–Kier alpha value is -0.0400. The van der Waals surface area contributed by atoms with Gasteiger partial charge in [0.1, 0.15) is 0 Å². The maximum absolute atomic E-state index is 4.95. The highest BCUT2D eigenvalue weighted by Crippen LogP contribution is 2.12. The van der Waals surface area contributed by atoms with E-state index in [-0.39, 0.29) is 0 Å². The Morgan fingerprint density at radius 1 is 0.550 bits per heavy atom. The summed E-state index contributed by atoms with van der Waals surface area (Å²) in [7, 11) is 0. The third-order valence-electron chi connectivity index (χ3n) is 4.16. The molecule has 0 fully saturated rings. The van der Waals surface area contributed by atoms with Crippen molar-refractivity contribution < 1.29 is 0 Å². The fourth-order valence-corrected chi connectivity index (χ4v) is 2.81. The van der Waals surface area contributed by atoms with E-state index in [1.165, 1.54) is 89.9 Å². The normalized spacial score (nSPS) is 12.8. The van der Waals surface area contributed by atoms with Gasteiger partial charge in [-0.15, -0.1) is 0 Å². The van der Waals surface area contributed by atoms with Crippen molar-refractivity contribution in [1.82, 2.24) is 5.32 Å².